The normalized spacial score (nSPS) is 26.1. The number of hydrogen-bond donors (Lipinski definition) is 1. The van der Waals surface area contributed by atoms with Gasteiger partial charge in [-0.15, -0.1) is 10.2 Å². The molecule has 106 valence electrons. The summed E-state index contributed by atoms with van der Waals surface area (Å²) in [6.45, 7) is 6.83. The van der Waals surface area contributed by atoms with Crippen molar-refractivity contribution in [3.05, 3.63) is 11.6 Å². The molecule has 0 amide bonds. The molecule has 2 heterocycles. The maximum Gasteiger partial charge on any atom is 0.0987 e. The number of halogens is 1. The number of quaternary nitrogens is 1. The first kappa shape index (κ1) is 15.8. The van der Waals surface area contributed by atoms with E-state index in [0.29, 0.717) is 0 Å². The van der Waals surface area contributed by atoms with Gasteiger partial charge in [-0.05, 0) is 12.5 Å². The van der Waals surface area contributed by atoms with Crippen LogP contribution < -0.4 is 23.5 Å². The van der Waals surface area contributed by atoms with E-state index in [1.165, 1.54) is 32.4 Å². The Morgan fingerprint density at radius 2 is 1.78 bits per heavy atom. The zero-order valence-corrected chi connectivity index (χ0v) is 11.3. The quantitative estimate of drug-likeness (QED) is 0.489. The van der Waals surface area contributed by atoms with Crippen LogP contribution in [0.4, 0.5) is 0 Å². The summed E-state index contributed by atoms with van der Waals surface area (Å²) >= 11 is 0. The Morgan fingerprint density at radius 3 is 2.28 bits per heavy atom. The lowest BCUT2D eigenvalue weighted by Gasteiger charge is -2.33. The van der Waals surface area contributed by atoms with Gasteiger partial charge in [0.2, 0.25) is 0 Å². The Morgan fingerprint density at radius 1 is 1.22 bits per heavy atom. The van der Waals surface area contributed by atoms with E-state index >= 15 is 0 Å². The summed E-state index contributed by atoms with van der Waals surface area (Å²) in [5, 5.41) is 0. The summed E-state index contributed by atoms with van der Waals surface area (Å²) in [4.78, 5) is 1.79. The molecular weight excluding hydrogens is 262 g/mol. The fraction of sp³-hybridized carbons (Fsp3) is 0.818. The first-order valence-corrected chi connectivity index (χ1v) is 7.29. The maximum atomic E-state index is 8.49. The molecule has 2 aliphatic heterocycles. The third-order valence-corrected chi connectivity index (χ3v) is 3.26. The van der Waals surface area contributed by atoms with E-state index in [4.69, 9.17) is 23.4 Å². The molecule has 6 nitrogen and oxygen atoms in total. The molecule has 1 unspecified atom stereocenters. The van der Waals surface area contributed by atoms with Crippen LogP contribution in [0.2, 0.25) is 0 Å². The van der Waals surface area contributed by atoms with Crippen LogP contribution in [0, 0.1) is 10.2 Å². The van der Waals surface area contributed by atoms with Gasteiger partial charge in [-0.2, -0.15) is 0 Å². The maximum absolute atomic E-state index is 8.49. The highest BCUT2D eigenvalue weighted by Gasteiger charge is 2.25. The fourth-order valence-electron chi connectivity index (χ4n) is 2.48. The zero-order chi connectivity index (χ0) is 13.6. The van der Waals surface area contributed by atoms with Crippen LogP contribution in [0.3, 0.4) is 0 Å². The van der Waals surface area contributed by atoms with Crippen molar-refractivity contribution in [3.8, 4) is 0 Å². The lowest BCUT2D eigenvalue weighted by atomic mass is 10.0. The van der Waals surface area contributed by atoms with E-state index in [1.807, 2.05) is 0 Å². The number of hydrogen-bond acceptors (Lipinski definition) is 5. The molecule has 2 rings (SSSR count). The molecule has 1 N–H and O–H groups in total. The van der Waals surface area contributed by atoms with Gasteiger partial charge in [-0.25, -0.2) is 18.6 Å². The summed E-state index contributed by atoms with van der Waals surface area (Å²) < 4.78 is 39.4. The molecule has 0 spiro atoms. The van der Waals surface area contributed by atoms with Crippen LogP contribution in [-0.2, 0) is 4.74 Å². The second kappa shape index (κ2) is 7.40. The first-order valence-electron chi connectivity index (χ1n) is 6.06. The molecule has 18 heavy (non-hydrogen) atoms. The van der Waals surface area contributed by atoms with Crippen molar-refractivity contribution < 1.29 is 38.5 Å². The highest BCUT2D eigenvalue weighted by Crippen LogP contribution is 2.05. The second-order valence-electron chi connectivity index (χ2n) is 4.69. The summed E-state index contributed by atoms with van der Waals surface area (Å²) in [5.74, 6) is 0. The van der Waals surface area contributed by atoms with Gasteiger partial charge in [0.25, 0.3) is 0 Å². The van der Waals surface area contributed by atoms with Gasteiger partial charge in [0.15, 0.2) is 0 Å². The van der Waals surface area contributed by atoms with Crippen LogP contribution in [0.1, 0.15) is 26.2 Å². The van der Waals surface area contributed by atoms with Gasteiger partial charge in [-0.1, -0.05) is 6.08 Å². The Hall–Kier alpha value is -0.210. The van der Waals surface area contributed by atoms with Crippen LogP contribution in [0.15, 0.2) is 11.6 Å². The highest BCUT2D eigenvalue weighted by atomic mass is 35.7. The number of rotatable bonds is 1. The lowest BCUT2D eigenvalue weighted by molar-refractivity contribution is -2.00. The topological polar surface area (TPSA) is 106 Å². The summed E-state index contributed by atoms with van der Waals surface area (Å²) in [6, 6.07) is 0.873. The predicted octanol–water partition coefficient (Wildman–Crippen LogP) is -4.36. The monoisotopic (exact) mass is 281 g/mol. The lowest BCUT2D eigenvalue weighted by Crippen LogP contribution is -3.16. The average molecular weight is 282 g/mol. The Balaban J connectivity index is 0.000000280. The van der Waals surface area contributed by atoms with E-state index in [2.05, 4.69) is 13.0 Å². The summed E-state index contributed by atoms with van der Waals surface area (Å²) in [7, 11) is -4.94. The number of ether oxygens (including phenoxy) is 1. The van der Waals surface area contributed by atoms with Gasteiger partial charge < -0.3 is 9.64 Å². The Labute approximate surface area is 109 Å². The largest absolute Gasteiger partial charge is 0.381 e. The fourth-order valence-corrected chi connectivity index (χ4v) is 2.48. The van der Waals surface area contributed by atoms with Crippen LogP contribution >= 0.6 is 0 Å². The minimum absolute atomic E-state index is 0.873. The molecule has 1 atom stereocenters. The van der Waals surface area contributed by atoms with Gasteiger partial charge in [0.05, 0.1) is 32.3 Å². The van der Waals surface area contributed by atoms with Crippen molar-refractivity contribution in [2.75, 3.05) is 26.3 Å². The Kier molecular flexibility index (Phi) is 6.51. The molecule has 0 aromatic carbocycles. The van der Waals surface area contributed by atoms with Crippen molar-refractivity contribution in [1.82, 2.24) is 0 Å². The number of nitrogens with one attached hydrogen (secondary N) is 1. The SMILES string of the molecule is CC1=CCC[NH+](C2CCOCC2)C1.[O-][Cl+3]([O-])([O-])[O-]. The smallest absolute Gasteiger partial charge is 0.0987 e. The van der Waals surface area contributed by atoms with Gasteiger partial charge in [0, 0.05) is 19.3 Å². The van der Waals surface area contributed by atoms with Crippen molar-refractivity contribution in [2.24, 2.45) is 0 Å². The molecule has 2 aliphatic rings. The van der Waals surface area contributed by atoms with Crippen molar-refractivity contribution in [3.63, 3.8) is 0 Å². The van der Waals surface area contributed by atoms with E-state index in [1.54, 1.807) is 10.5 Å². The molecule has 0 saturated carbocycles. The van der Waals surface area contributed by atoms with Crippen LogP contribution in [0.25, 0.3) is 0 Å². The summed E-state index contributed by atoms with van der Waals surface area (Å²) in [6.07, 6.45) is 6.20. The molecule has 1 saturated heterocycles. The third kappa shape index (κ3) is 7.27. The third-order valence-electron chi connectivity index (χ3n) is 3.26. The molecule has 0 aliphatic carbocycles. The predicted molar refractivity (Wildman–Crippen MR) is 52.9 cm³/mol. The minimum Gasteiger partial charge on any atom is -0.381 e. The van der Waals surface area contributed by atoms with Crippen LogP contribution in [-0.4, -0.2) is 32.3 Å². The molecule has 0 bridgehead atoms. The average Bonchev–Trinajstić information content (AvgIpc) is 2.28. The summed E-state index contributed by atoms with van der Waals surface area (Å²) in [5.41, 5.74) is 1.58. The molecular formula is C11H20ClNO5. The molecule has 0 radical (unpaired) electrons. The van der Waals surface area contributed by atoms with Gasteiger partial charge in [-0.3, -0.25) is 0 Å². The van der Waals surface area contributed by atoms with E-state index in [0.717, 1.165) is 19.3 Å². The van der Waals surface area contributed by atoms with Gasteiger partial charge >= 0.3 is 0 Å². The van der Waals surface area contributed by atoms with Crippen LogP contribution in [0.5, 0.6) is 0 Å². The van der Waals surface area contributed by atoms with E-state index in [9.17, 15) is 0 Å². The first-order chi connectivity index (χ1) is 8.36. The molecule has 0 aromatic rings. The standard InChI is InChI=1S/C11H19NO.ClHO4/c1-10-3-2-6-12(9-10)11-4-7-13-8-5-11;2-1(3,4)5/h3,11H,2,4-9H2,1H3;(H,2,3,4,5). The molecule has 1 fully saturated rings. The van der Waals surface area contributed by atoms with E-state index in [-0.39, 0.29) is 0 Å². The second-order valence-corrected chi connectivity index (χ2v) is 5.44. The van der Waals surface area contributed by atoms with Crippen molar-refractivity contribution in [1.29, 1.82) is 0 Å². The minimum atomic E-state index is -4.94. The zero-order valence-electron chi connectivity index (χ0n) is 10.5. The molecule has 0 aromatic heterocycles. The Bertz CT molecular complexity index is 267. The van der Waals surface area contributed by atoms with Gasteiger partial charge in [0.1, 0.15) is 0 Å². The highest BCUT2D eigenvalue weighted by molar-refractivity contribution is 4.99. The van der Waals surface area contributed by atoms with Crippen molar-refractivity contribution in [2.45, 2.75) is 32.2 Å². The molecule has 7 heteroatoms. The van der Waals surface area contributed by atoms with E-state index < -0.39 is 10.2 Å². The van der Waals surface area contributed by atoms with Crippen molar-refractivity contribution >= 4 is 0 Å².